The Bertz CT molecular complexity index is 654. The summed E-state index contributed by atoms with van der Waals surface area (Å²) < 4.78 is 25.7. The molecule has 1 aromatic carbocycles. The molecule has 3 N–H and O–H groups in total. The van der Waals surface area contributed by atoms with E-state index in [1.807, 2.05) is 0 Å². The summed E-state index contributed by atoms with van der Waals surface area (Å²) in [7, 11) is 0. The maximum absolute atomic E-state index is 13.0. The smallest absolute Gasteiger partial charge is 0.341 e. The average molecular weight is 267 g/mol. The van der Waals surface area contributed by atoms with Gasteiger partial charge in [-0.3, -0.25) is 9.89 Å². The molecule has 0 aliphatic heterocycles. The number of carbonyl (C=O) groups excluding carboxylic acids is 1. The Morgan fingerprint density at radius 2 is 2.00 bits per heavy atom. The van der Waals surface area contributed by atoms with E-state index in [2.05, 4.69) is 15.5 Å². The van der Waals surface area contributed by atoms with Crippen molar-refractivity contribution in [1.82, 2.24) is 10.2 Å². The lowest BCUT2D eigenvalue weighted by molar-refractivity contribution is 0.0698. The van der Waals surface area contributed by atoms with E-state index in [1.165, 1.54) is 0 Å². The Labute approximate surface area is 105 Å². The van der Waals surface area contributed by atoms with Crippen LogP contribution in [0.5, 0.6) is 0 Å². The van der Waals surface area contributed by atoms with Gasteiger partial charge < -0.3 is 10.4 Å². The third kappa shape index (κ3) is 2.57. The van der Waals surface area contributed by atoms with E-state index in [-0.39, 0.29) is 16.9 Å². The van der Waals surface area contributed by atoms with Gasteiger partial charge in [0.1, 0.15) is 11.4 Å². The first-order chi connectivity index (χ1) is 8.99. The van der Waals surface area contributed by atoms with E-state index in [0.717, 1.165) is 18.3 Å². The third-order valence-corrected chi connectivity index (χ3v) is 2.29. The molecule has 2 rings (SSSR count). The molecule has 8 heteroatoms. The van der Waals surface area contributed by atoms with E-state index in [4.69, 9.17) is 5.11 Å². The molecule has 0 saturated heterocycles. The van der Waals surface area contributed by atoms with E-state index in [0.29, 0.717) is 6.07 Å². The van der Waals surface area contributed by atoms with Crippen LogP contribution in [0.4, 0.5) is 14.6 Å². The molecule has 0 aliphatic rings. The highest BCUT2D eigenvalue weighted by Crippen LogP contribution is 2.14. The van der Waals surface area contributed by atoms with Crippen LogP contribution in [0.25, 0.3) is 0 Å². The molecule has 0 unspecified atom stereocenters. The number of carbonyl (C=O) groups is 2. The fourth-order valence-corrected chi connectivity index (χ4v) is 1.37. The summed E-state index contributed by atoms with van der Waals surface area (Å²) in [5.41, 5.74) is -0.388. The van der Waals surface area contributed by atoms with E-state index in [1.54, 1.807) is 0 Å². The summed E-state index contributed by atoms with van der Waals surface area (Å²) in [5.74, 6) is -4.46. The SMILES string of the molecule is O=C(Nc1[nH]ncc1C(=O)O)c1ccc(F)c(F)c1. The van der Waals surface area contributed by atoms with Crippen LogP contribution in [0.1, 0.15) is 20.7 Å². The second-order valence-electron chi connectivity index (χ2n) is 3.55. The van der Waals surface area contributed by atoms with E-state index >= 15 is 0 Å². The summed E-state index contributed by atoms with van der Waals surface area (Å²) in [6.45, 7) is 0. The number of halogens is 2. The Kier molecular flexibility index (Phi) is 3.23. The average Bonchev–Trinajstić information content (AvgIpc) is 2.80. The monoisotopic (exact) mass is 267 g/mol. The van der Waals surface area contributed by atoms with Crippen LogP contribution in [-0.4, -0.2) is 27.2 Å². The molecule has 0 fully saturated rings. The largest absolute Gasteiger partial charge is 0.477 e. The molecule has 19 heavy (non-hydrogen) atoms. The predicted molar refractivity (Wildman–Crippen MR) is 59.9 cm³/mol. The lowest BCUT2D eigenvalue weighted by atomic mass is 10.2. The van der Waals surface area contributed by atoms with Crippen LogP contribution in [0.3, 0.4) is 0 Å². The minimum atomic E-state index is -1.28. The van der Waals surface area contributed by atoms with Crippen LogP contribution in [-0.2, 0) is 0 Å². The Hall–Kier alpha value is -2.77. The van der Waals surface area contributed by atoms with Gasteiger partial charge in [-0.25, -0.2) is 13.6 Å². The molecule has 0 radical (unpaired) electrons. The highest BCUT2D eigenvalue weighted by Gasteiger charge is 2.16. The van der Waals surface area contributed by atoms with Gasteiger partial charge in [0.2, 0.25) is 0 Å². The number of aromatic carboxylic acids is 1. The molecule has 0 spiro atoms. The molecule has 1 heterocycles. The zero-order chi connectivity index (χ0) is 14.0. The fourth-order valence-electron chi connectivity index (χ4n) is 1.37. The minimum absolute atomic E-state index is 0.137. The number of benzene rings is 1. The molecule has 1 aromatic heterocycles. The maximum Gasteiger partial charge on any atom is 0.341 e. The molecule has 98 valence electrons. The zero-order valence-corrected chi connectivity index (χ0v) is 9.28. The van der Waals surface area contributed by atoms with Crippen molar-refractivity contribution in [3.8, 4) is 0 Å². The zero-order valence-electron chi connectivity index (χ0n) is 9.28. The quantitative estimate of drug-likeness (QED) is 0.787. The van der Waals surface area contributed by atoms with Crippen molar-refractivity contribution in [1.29, 1.82) is 0 Å². The number of rotatable bonds is 3. The van der Waals surface area contributed by atoms with Crippen molar-refractivity contribution in [2.75, 3.05) is 5.32 Å². The highest BCUT2D eigenvalue weighted by molar-refractivity contribution is 6.06. The lowest BCUT2D eigenvalue weighted by Gasteiger charge is -2.04. The van der Waals surface area contributed by atoms with Crippen LogP contribution < -0.4 is 5.32 Å². The number of nitrogens with zero attached hydrogens (tertiary/aromatic N) is 1. The summed E-state index contributed by atoms with van der Waals surface area (Å²) in [6.07, 6.45) is 1.02. The first kappa shape index (κ1) is 12.7. The van der Waals surface area contributed by atoms with Gasteiger partial charge in [-0.15, -0.1) is 0 Å². The van der Waals surface area contributed by atoms with Crippen LogP contribution in [0.2, 0.25) is 0 Å². The maximum atomic E-state index is 13.0. The lowest BCUT2D eigenvalue weighted by Crippen LogP contribution is -2.15. The number of hydrogen-bond donors (Lipinski definition) is 3. The molecular formula is C11H7F2N3O3. The molecule has 6 nitrogen and oxygen atoms in total. The topological polar surface area (TPSA) is 95.1 Å². The normalized spacial score (nSPS) is 10.2. The highest BCUT2D eigenvalue weighted by atomic mass is 19.2. The number of amides is 1. The van der Waals surface area contributed by atoms with Crippen molar-refractivity contribution >= 4 is 17.7 Å². The summed E-state index contributed by atoms with van der Waals surface area (Å²) in [6, 6.07) is 2.58. The molecular weight excluding hydrogens is 260 g/mol. The minimum Gasteiger partial charge on any atom is -0.477 e. The van der Waals surface area contributed by atoms with Crippen molar-refractivity contribution in [2.45, 2.75) is 0 Å². The molecule has 0 atom stereocenters. The second kappa shape index (κ2) is 4.84. The van der Waals surface area contributed by atoms with Crippen molar-refractivity contribution in [3.63, 3.8) is 0 Å². The first-order valence-corrected chi connectivity index (χ1v) is 5.02. The number of anilines is 1. The van der Waals surface area contributed by atoms with Gasteiger partial charge in [0.05, 0.1) is 6.20 Å². The van der Waals surface area contributed by atoms with Crippen molar-refractivity contribution in [3.05, 3.63) is 47.2 Å². The number of hydrogen-bond acceptors (Lipinski definition) is 3. The fraction of sp³-hybridized carbons (Fsp3) is 0. The summed E-state index contributed by atoms with van der Waals surface area (Å²) >= 11 is 0. The Morgan fingerprint density at radius 3 is 2.63 bits per heavy atom. The first-order valence-electron chi connectivity index (χ1n) is 5.02. The van der Waals surface area contributed by atoms with E-state index in [9.17, 15) is 18.4 Å². The summed E-state index contributed by atoms with van der Waals surface area (Å²) in [4.78, 5) is 22.5. The molecule has 1 amide bonds. The predicted octanol–water partition coefficient (Wildman–Crippen LogP) is 1.64. The van der Waals surface area contributed by atoms with Gasteiger partial charge in [-0.05, 0) is 18.2 Å². The van der Waals surface area contributed by atoms with Gasteiger partial charge in [-0.1, -0.05) is 0 Å². The number of nitrogens with one attached hydrogen (secondary N) is 2. The Balaban J connectivity index is 2.23. The Morgan fingerprint density at radius 1 is 1.26 bits per heavy atom. The van der Waals surface area contributed by atoms with Crippen LogP contribution in [0, 0.1) is 11.6 Å². The molecule has 0 aliphatic carbocycles. The standard InChI is InChI=1S/C11H7F2N3O3/c12-7-2-1-5(3-8(7)13)10(17)15-9-6(11(18)19)4-14-16-9/h1-4H,(H,18,19)(H2,14,15,16,17). The van der Waals surface area contributed by atoms with Gasteiger partial charge in [0.25, 0.3) is 5.91 Å². The van der Waals surface area contributed by atoms with Crippen LogP contribution in [0.15, 0.2) is 24.4 Å². The second-order valence-corrected chi connectivity index (χ2v) is 3.55. The number of aromatic amines is 1. The van der Waals surface area contributed by atoms with Crippen molar-refractivity contribution < 1.29 is 23.5 Å². The summed E-state index contributed by atoms with van der Waals surface area (Å²) in [5, 5.41) is 16.8. The third-order valence-electron chi connectivity index (χ3n) is 2.29. The van der Waals surface area contributed by atoms with Gasteiger partial charge >= 0.3 is 5.97 Å². The van der Waals surface area contributed by atoms with Gasteiger partial charge in [0.15, 0.2) is 11.6 Å². The molecule has 0 saturated carbocycles. The number of carboxylic acids is 1. The number of aromatic nitrogens is 2. The van der Waals surface area contributed by atoms with Gasteiger partial charge in [-0.2, -0.15) is 5.10 Å². The number of H-pyrrole nitrogens is 1. The molecule has 0 bridgehead atoms. The van der Waals surface area contributed by atoms with Crippen LogP contribution >= 0.6 is 0 Å². The van der Waals surface area contributed by atoms with E-state index < -0.39 is 23.5 Å². The van der Waals surface area contributed by atoms with Gasteiger partial charge in [0, 0.05) is 5.56 Å². The number of carboxylic acid groups (broad SMARTS) is 1. The molecule has 2 aromatic rings. The van der Waals surface area contributed by atoms with Crippen molar-refractivity contribution in [2.24, 2.45) is 0 Å².